The average Bonchev–Trinajstić information content (AvgIpc) is 2.75. The van der Waals surface area contributed by atoms with E-state index in [0.29, 0.717) is 0 Å². The van der Waals surface area contributed by atoms with Crippen molar-refractivity contribution in [2.45, 2.75) is 175 Å². The molecule has 0 aromatic rings. The molecule has 0 fully saturated rings. The molecule has 0 aliphatic carbocycles. The van der Waals surface area contributed by atoms with Crippen molar-refractivity contribution in [2.75, 3.05) is 13.2 Å². The Morgan fingerprint density at radius 1 is 0.300 bits per heavy atom. The lowest BCUT2D eigenvalue weighted by Gasteiger charge is -2.05. The largest absolute Gasteiger partial charge is 0.381 e. The first-order chi connectivity index (χ1) is 14.8. The van der Waals surface area contributed by atoms with Crippen molar-refractivity contribution in [3.63, 3.8) is 0 Å². The predicted molar refractivity (Wildman–Crippen MR) is 140 cm³/mol. The van der Waals surface area contributed by atoms with Crippen LogP contribution in [0.1, 0.15) is 175 Å². The topological polar surface area (TPSA) is 9.23 Å². The molecule has 184 valence electrons. The van der Waals surface area contributed by atoms with Crippen molar-refractivity contribution >= 4 is 0 Å². The fourth-order valence-corrected chi connectivity index (χ4v) is 3.84. The van der Waals surface area contributed by atoms with Gasteiger partial charge < -0.3 is 4.74 Å². The molecule has 0 bridgehead atoms. The summed E-state index contributed by atoms with van der Waals surface area (Å²) < 4.78 is 5.80. The van der Waals surface area contributed by atoms with E-state index in [1.165, 1.54) is 148 Å². The highest BCUT2D eigenvalue weighted by atomic mass is 16.5. The molecule has 0 aromatic heterocycles. The Morgan fingerprint density at radius 3 is 0.733 bits per heavy atom. The Hall–Kier alpha value is -0.0400. The standard InChI is InChI=1S/C26H54O.C3H8/c1-3-5-7-9-11-13-15-17-19-21-23-25-27-26-24-22-20-18-16-14-12-10-8-6-4-2;1-3-2/h3-26H2,1-2H3;3H2,1-2H3. The zero-order chi connectivity index (χ0) is 22.4. The Morgan fingerprint density at radius 2 is 0.500 bits per heavy atom. The highest BCUT2D eigenvalue weighted by molar-refractivity contribution is 4.49. The zero-order valence-corrected chi connectivity index (χ0v) is 22.1. The van der Waals surface area contributed by atoms with Gasteiger partial charge in [0.25, 0.3) is 0 Å². The van der Waals surface area contributed by atoms with Gasteiger partial charge in [-0.15, -0.1) is 0 Å². The van der Waals surface area contributed by atoms with Gasteiger partial charge in [0, 0.05) is 13.2 Å². The van der Waals surface area contributed by atoms with E-state index in [4.69, 9.17) is 4.74 Å². The van der Waals surface area contributed by atoms with Gasteiger partial charge in [0.2, 0.25) is 0 Å². The van der Waals surface area contributed by atoms with Crippen LogP contribution in [-0.2, 0) is 4.74 Å². The van der Waals surface area contributed by atoms with E-state index in [0.717, 1.165) is 13.2 Å². The number of hydrogen-bond donors (Lipinski definition) is 0. The third-order valence-electron chi connectivity index (χ3n) is 5.78. The molecule has 0 aromatic carbocycles. The van der Waals surface area contributed by atoms with E-state index in [1.54, 1.807) is 0 Å². The van der Waals surface area contributed by atoms with Crippen molar-refractivity contribution in [2.24, 2.45) is 0 Å². The highest BCUT2D eigenvalue weighted by Gasteiger charge is 1.95. The minimum absolute atomic E-state index is 0.995. The van der Waals surface area contributed by atoms with Gasteiger partial charge >= 0.3 is 0 Å². The molecule has 1 nitrogen and oxygen atoms in total. The summed E-state index contributed by atoms with van der Waals surface area (Å²) in [5, 5.41) is 0. The maximum Gasteiger partial charge on any atom is 0.0466 e. The summed E-state index contributed by atoms with van der Waals surface area (Å²) in [6.45, 7) is 10.8. The SMILES string of the molecule is CCC.CCCCCCCCCCCCCOCCCCCCCCCCCCC. The van der Waals surface area contributed by atoms with Gasteiger partial charge in [-0.1, -0.05) is 163 Å². The zero-order valence-electron chi connectivity index (χ0n) is 22.1. The predicted octanol–water partition coefficient (Wildman–Crippen LogP) is 11.0. The molecular formula is C29H62O. The summed E-state index contributed by atoms with van der Waals surface area (Å²) in [5.41, 5.74) is 0. The fourth-order valence-electron chi connectivity index (χ4n) is 3.84. The van der Waals surface area contributed by atoms with Crippen molar-refractivity contribution in [3.8, 4) is 0 Å². The molecule has 0 heterocycles. The molecule has 0 aliphatic rings. The first-order valence-corrected chi connectivity index (χ1v) is 14.4. The summed E-state index contributed by atoms with van der Waals surface area (Å²) >= 11 is 0. The Balaban J connectivity index is 0. The van der Waals surface area contributed by atoms with Crippen LogP contribution in [0.25, 0.3) is 0 Å². The lowest BCUT2D eigenvalue weighted by atomic mass is 10.1. The summed E-state index contributed by atoms with van der Waals surface area (Å²) in [4.78, 5) is 0. The van der Waals surface area contributed by atoms with Crippen molar-refractivity contribution in [1.82, 2.24) is 0 Å². The van der Waals surface area contributed by atoms with Gasteiger partial charge in [0.1, 0.15) is 0 Å². The van der Waals surface area contributed by atoms with E-state index < -0.39 is 0 Å². The van der Waals surface area contributed by atoms with Crippen LogP contribution >= 0.6 is 0 Å². The molecule has 0 N–H and O–H groups in total. The second kappa shape index (κ2) is 33.6. The molecule has 1 heteroatoms. The first-order valence-electron chi connectivity index (χ1n) is 14.4. The lowest BCUT2D eigenvalue weighted by Crippen LogP contribution is -1.97. The smallest absolute Gasteiger partial charge is 0.0466 e. The molecule has 0 unspecified atom stereocenters. The quantitative estimate of drug-likeness (QED) is 0.139. The second-order valence-electron chi connectivity index (χ2n) is 9.39. The van der Waals surface area contributed by atoms with E-state index in [2.05, 4.69) is 27.7 Å². The number of unbranched alkanes of at least 4 members (excludes halogenated alkanes) is 20. The third-order valence-corrected chi connectivity index (χ3v) is 5.78. The number of ether oxygens (including phenoxy) is 1. The molecule has 0 spiro atoms. The monoisotopic (exact) mass is 426 g/mol. The van der Waals surface area contributed by atoms with Crippen LogP contribution < -0.4 is 0 Å². The third kappa shape index (κ3) is 35.4. The Labute approximate surface area is 193 Å². The Bertz CT molecular complexity index is 227. The van der Waals surface area contributed by atoms with Crippen LogP contribution in [-0.4, -0.2) is 13.2 Å². The molecule has 0 rings (SSSR count). The van der Waals surface area contributed by atoms with Crippen molar-refractivity contribution < 1.29 is 4.74 Å². The van der Waals surface area contributed by atoms with Crippen LogP contribution in [0.5, 0.6) is 0 Å². The van der Waals surface area contributed by atoms with Gasteiger partial charge in [-0.2, -0.15) is 0 Å². The maximum atomic E-state index is 5.80. The molecule has 0 saturated heterocycles. The van der Waals surface area contributed by atoms with Gasteiger partial charge in [0.05, 0.1) is 0 Å². The van der Waals surface area contributed by atoms with E-state index in [1.807, 2.05) is 0 Å². The molecule has 0 amide bonds. The van der Waals surface area contributed by atoms with Gasteiger partial charge in [-0.25, -0.2) is 0 Å². The average molecular weight is 427 g/mol. The van der Waals surface area contributed by atoms with E-state index in [9.17, 15) is 0 Å². The van der Waals surface area contributed by atoms with E-state index >= 15 is 0 Å². The summed E-state index contributed by atoms with van der Waals surface area (Å²) in [6.07, 6.45) is 32.4. The number of hydrogen-bond acceptors (Lipinski definition) is 1. The van der Waals surface area contributed by atoms with Gasteiger partial charge in [-0.3, -0.25) is 0 Å². The second-order valence-corrected chi connectivity index (χ2v) is 9.39. The van der Waals surface area contributed by atoms with E-state index in [-0.39, 0.29) is 0 Å². The van der Waals surface area contributed by atoms with Crippen molar-refractivity contribution in [3.05, 3.63) is 0 Å². The summed E-state index contributed by atoms with van der Waals surface area (Å²) in [7, 11) is 0. The highest BCUT2D eigenvalue weighted by Crippen LogP contribution is 2.12. The molecule has 0 aliphatic heterocycles. The lowest BCUT2D eigenvalue weighted by molar-refractivity contribution is 0.125. The summed E-state index contributed by atoms with van der Waals surface area (Å²) in [5.74, 6) is 0. The minimum atomic E-state index is 0.995. The molecule has 0 saturated carbocycles. The molecule has 0 radical (unpaired) electrons. The van der Waals surface area contributed by atoms with Gasteiger partial charge in [-0.05, 0) is 12.8 Å². The molecule has 0 atom stereocenters. The minimum Gasteiger partial charge on any atom is -0.381 e. The van der Waals surface area contributed by atoms with Gasteiger partial charge in [0.15, 0.2) is 0 Å². The molecule has 30 heavy (non-hydrogen) atoms. The fraction of sp³-hybridized carbons (Fsp3) is 1.00. The van der Waals surface area contributed by atoms with Crippen LogP contribution in [0.3, 0.4) is 0 Å². The summed E-state index contributed by atoms with van der Waals surface area (Å²) in [6, 6.07) is 0. The van der Waals surface area contributed by atoms with Crippen LogP contribution in [0.2, 0.25) is 0 Å². The van der Waals surface area contributed by atoms with Crippen LogP contribution in [0.15, 0.2) is 0 Å². The van der Waals surface area contributed by atoms with Crippen molar-refractivity contribution in [1.29, 1.82) is 0 Å². The number of rotatable bonds is 24. The van der Waals surface area contributed by atoms with Crippen LogP contribution in [0.4, 0.5) is 0 Å². The van der Waals surface area contributed by atoms with Crippen LogP contribution in [0, 0.1) is 0 Å². The Kier molecular flexibility index (Phi) is 36.0. The molecular weight excluding hydrogens is 364 g/mol. The maximum absolute atomic E-state index is 5.80. The normalized spacial score (nSPS) is 10.8. The first kappa shape index (κ1) is 32.1.